The maximum atomic E-state index is 12.4. The number of carbonyl (C=O) groups is 1. The molecule has 2 aromatic heterocycles. The topological polar surface area (TPSA) is 89.0 Å². The van der Waals surface area contributed by atoms with Crippen LogP contribution in [-0.4, -0.2) is 34.5 Å². The molecule has 1 amide bonds. The molecule has 2 heterocycles. The molecule has 0 fully saturated rings. The fraction of sp³-hybridized carbons (Fsp3) is 0.238. The summed E-state index contributed by atoms with van der Waals surface area (Å²) in [5, 5.41) is 6.13. The average molecular weight is 377 g/mol. The van der Waals surface area contributed by atoms with E-state index in [1.807, 2.05) is 36.4 Å². The molecule has 0 saturated carbocycles. The lowest BCUT2D eigenvalue weighted by molar-refractivity contribution is 0.0945. The minimum Gasteiger partial charge on any atom is -0.497 e. The van der Waals surface area contributed by atoms with Crippen molar-refractivity contribution in [3.8, 4) is 5.75 Å². The molecule has 0 bridgehead atoms. The summed E-state index contributed by atoms with van der Waals surface area (Å²) < 4.78 is 5.17. The molecule has 28 heavy (non-hydrogen) atoms. The SMILES string of the molecule is COc1ccc(CCNc2cc(C(=O)NCc3ccncc3)nc(C)n2)cc1. The molecule has 0 aliphatic heterocycles. The lowest BCUT2D eigenvalue weighted by Crippen LogP contribution is -2.24. The van der Waals surface area contributed by atoms with Gasteiger partial charge in [0.1, 0.15) is 23.1 Å². The molecule has 7 heteroatoms. The van der Waals surface area contributed by atoms with Crippen molar-refractivity contribution in [3.63, 3.8) is 0 Å². The molecule has 0 radical (unpaired) electrons. The highest BCUT2D eigenvalue weighted by Gasteiger charge is 2.10. The Bertz CT molecular complexity index is 914. The Morgan fingerprint density at radius 2 is 1.79 bits per heavy atom. The number of rotatable bonds is 8. The van der Waals surface area contributed by atoms with Gasteiger partial charge in [0.05, 0.1) is 7.11 Å². The summed E-state index contributed by atoms with van der Waals surface area (Å²) in [5.41, 5.74) is 2.51. The number of pyridine rings is 1. The van der Waals surface area contributed by atoms with E-state index in [4.69, 9.17) is 4.74 Å². The predicted molar refractivity (Wildman–Crippen MR) is 107 cm³/mol. The molecule has 3 aromatic rings. The number of benzene rings is 1. The van der Waals surface area contributed by atoms with Gasteiger partial charge in [-0.3, -0.25) is 9.78 Å². The number of hydrogen-bond donors (Lipinski definition) is 2. The van der Waals surface area contributed by atoms with Crippen molar-refractivity contribution in [2.45, 2.75) is 19.9 Å². The third kappa shape index (κ3) is 5.51. The van der Waals surface area contributed by atoms with Gasteiger partial charge in [0, 0.05) is 31.5 Å². The van der Waals surface area contributed by atoms with Crippen LogP contribution in [0.5, 0.6) is 5.75 Å². The number of hydrogen-bond acceptors (Lipinski definition) is 6. The summed E-state index contributed by atoms with van der Waals surface area (Å²) in [6.07, 6.45) is 4.22. The number of aromatic nitrogens is 3. The van der Waals surface area contributed by atoms with Crippen LogP contribution in [0.1, 0.15) is 27.4 Å². The van der Waals surface area contributed by atoms with Crippen molar-refractivity contribution < 1.29 is 9.53 Å². The summed E-state index contributed by atoms with van der Waals surface area (Å²) in [6.45, 7) is 2.89. The van der Waals surface area contributed by atoms with Crippen LogP contribution in [0.4, 0.5) is 5.82 Å². The zero-order valence-corrected chi connectivity index (χ0v) is 16.0. The first-order valence-electron chi connectivity index (χ1n) is 9.03. The molecule has 0 unspecified atom stereocenters. The van der Waals surface area contributed by atoms with Crippen LogP contribution in [0.25, 0.3) is 0 Å². The summed E-state index contributed by atoms with van der Waals surface area (Å²) in [6, 6.07) is 13.3. The highest BCUT2D eigenvalue weighted by atomic mass is 16.5. The van der Waals surface area contributed by atoms with Crippen LogP contribution >= 0.6 is 0 Å². The number of methoxy groups -OCH3 is 1. The number of aryl methyl sites for hydroxylation is 1. The van der Waals surface area contributed by atoms with Gasteiger partial charge >= 0.3 is 0 Å². The van der Waals surface area contributed by atoms with Gasteiger partial charge in [-0.15, -0.1) is 0 Å². The second-order valence-corrected chi connectivity index (χ2v) is 6.25. The van der Waals surface area contributed by atoms with Gasteiger partial charge in [0.2, 0.25) is 0 Å². The number of nitrogens with zero attached hydrogens (tertiary/aromatic N) is 3. The molecule has 3 rings (SSSR count). The van der Waals surface area contributed by atoms with Crippen LogP contribution in [0.3, 0.4) is 0 Å². The number of ether oxygens (including phenoxy) is 1. The first kappa shape index (κ1) is 19.3. The second-order valence-electron chi connectivity index (χ2n) is 6.25. The first-order chi connectivity index (χ1) is 13.6. The Labute approximate surface area is 164 Å². The van der Waals surface area contributed by atoms with Gasteiger partial charge in [-0.2, -0.15) is 0 Å². The smallest absolute Gasteiger partial charge is 0.270 e. The maximum absolute atomic E-state index is 12.4. The Morgan fingerprint density at radius 1 is 1.04 bits per heavy atom. The standard InChI is InChI=1S/C21H23N5O2/c1-15-25-19(21(27)24-14-17-7-10-22-11-8-17)13-20(26-15)23-12-9-16-3-5-18(28-2)6-4-16/h3-8,10-11,13H,9,12,14H2,1-2H3,(H,24,27)(H,23,25,26). The Hall–Kier alpha value is -3.48. The molecule has 7 nitrogen and oxygen atoms in total. The molecule has 0 spiro atoms. The van der Waals surface area contributed by atoms with Crippen molar-refractivity contribution in [2.75, 3.05) is 19.0 Å². The van der Waals surface area contributed by atoms with E-state index in [0.717, 1.165) is 17.7 Å². The molecular weight excluding hydrogens is 354 g/mol. The van der Waals surface area contributed by atoms with E-state index in [2.05, 4.69) is 25.6 Å². The minimum atomic E-state index is -0.236. The Morgan fingerprint density at radius 3 is 2.50 bits per heavy atom. The van der Waals surface area contributed by atoms with Gasteiger partial charge < -0.3 is 15.4 Å². The highest BCUT2D eigenvalue weighted by molar-refractivity contribution is 5.92. The summed E-state index contributed by atoms with van der Waals surface area (Å²) >= 11 is 0. The van der Waals surface area contributed by atoms with Gasteiger partial charge in [-0.05, 0) is 48.7 Å². The van der Waals surface area contributed by atoms with E-state index in [-0.39, 0.29) is 5.91 Å². The van der Waals surface area contributed by atoms with Crippen molar-refractivity contribution in [2.24, 2.45) is 0 Å². The van der Waals surface area contributed by atoms with Crippen LogP contribution < -0.4 is 15.4 Å². The van der Waals surface area contributed by atoms with Gasteiger partial charge in [0.25, 0.3) is 5.91 Å². The van der Waals surface area contributed by atoms with Gasteiger partial charge in [-0.1, -0.05) is 12.1 Å². The second kappa shape index (κ2) is 9.45. The molecule has 0 aliphatic rings. The average Bonchev–Trinajstić information content (AvgIpc) is 2.73. The zero-order valence-electron chi connectivity index (χ0n) is 16.0. The van der Waals surface area contributed by atoms with E-state index in [1.165, 1.54) is 5.56 Å². The van der Waals surface area contributed by atoms with Gasteiger partial charge in [0.15, 0.2) is 0 Å². The number of anilines is 1. The molecular formula is C21H23N5O2. The molecule has 2 N–H and O–H groups in total. The summed E-state index contributed by atoms with van der Waals surface area (Å²) in [5.74, 6) is 1.78. The van der Waals surface area contributed by atoms with Crippen molar-refractivity contribution >= 4 is 11.7 Å². The first-order valence-corrected chi connectivity index (χ1v) is 9.03. The number of carbonyl (C=O) groups excluding carboxylic acids is 1. The van der Waals surface area contributed by atoms with E-state index in [1.54, 1.807) is 32.5 Å². The molecule has 0 atom stereocenters. The molecule has 0 aliphatic carbocycles. The Kier molecular flexibility index (Phi) is 6.51. The summed E-state index contributed by atoms with van der Waals surface area (Å²) in [4.78, 5) is 25.0. The van der Waals surface area contributed by atoms with E-state index >= 15 is 0 Å². The largest absolute Gasteiger partial charge is 0.497 e. The minimum absolute atomic E-state index is 0.236. The van der Waals surface area contributed by atoms with Crippen LogP contribution in [0, 0.1) is 6.92 Å². The van der Waals surface area contributed by atoms with Crippen LogP contribution in [0.15, 0.2) is 54.9 Å². The lowest BCUT2D eigenvalue weighted by atomic mass is 10.1. The fourth-order valence-electron chi connectivity index (χ4n) is 2.68. The number of nitrogens with one attached hydrogen (secondary N) is 2. The highest BCUT2D eigenvalue weighted by Crippen LogP contribution is 2.12. The van der Waals surface area contributed by atoms with Crippen molar-refractivity contribution in [1.29, 1.82) is 0 Å². The normalized spacial score (nSPS) is 10.4. The lowest BCUT2D eigenvalue weighted by Gasteiger charge is -2.10. The molecule has 1 aromatic carbocycles. The third-order valence-corrected chi connectivity index (χ3v) is 4.15. The van der Waals surface area contributed by atoms with Crippen molar-refractivity contribution in [3.05, 3.63) is 77.5 Å². The predicted octanol–water partition coefficient (Wildman–Crippen LogP) is 2.77. The van der Waals surface area contributed by atoms with Gasteiger partial charge in [-0.25, -0.2) is 9.97 Å². The Balaban J connectivity index is 1.56. The van der Waals surface area contributed by atoms with Crippen molar-refractivity contribution in [1.82, 2.24) is 20.3 Å². The van der Waals surface area contributed by atoms with E-state index < -0.39 is 0 Å². The molecule has 0 saturated heterocycles. The van der Waals surface area contributed by atoms with Crippen LogP contribution in [-0.2, 0) is 13.0 Å². The zero-order chi connectivity index (χ0) is 19.8. The summed E-state index contributed by atoms with van der Waals surface area (Å²) in [7, 11) is 1.65. The number of amides is 1. The van der Waals surface area contributed by atoms with E-state index in [0.29, 0.717) is 30.4 Å². The molecule has 144 valence electrons. The monoisotopic (exact) mass is 377 g/mol. The van der Waals surface area contributed by atoms with E-state index in [9.17, 15) is 4.79 Å². The van der Waals surface area contributed by atoms with Crippen LogP contribution in [0.2, 0.25) is 0 Å². The third-order valence-electron chi connectivity index (χ3n) is 4.15. The fourth-order valence-corrected chi connectivity index (χ4v) is 2.68. The quantitative estimate of drug-likeness (QED) is 0.627. The maximum Gasteiger partial charge on any atom is 0.270 e.